The largest absolute Gasteiger partial charge is 0.448 e. The summed E-state index contributed by atoms with van der Waals surface area (Å²) in [6, 6.07) is 0. The Kier molecular flexibility index (Phi) is 13.9. The zero-order chi connectivity index (χ0) is 12.8. The molecule has 0 aromatic carbocycles. The van der Waals surface area contributed by atoms with Crippen LogP contribution in [0.1, 0.15) is 78.1 Å². The molecule has 0 saturated carbocycles. The van der Waals surface area contributed by atoms with E-state index in [0.717, 1.165) is 12.6 Å². The van der Waals surface area contributed by atoms with Gasteiger partial charge in [0.25, 0.3) is 0 Å². The summed E-state index contributed by atoms with van der Waals surface area (Å²) in [6.07, 6.45) is 12.8. The Morgan fingerprint density at radius 1 is 0.882 bits per heavy atom. The van der Waals surface area contributed by atoms with Crippen LogP contribution in [0, 0.1) is 0 Å². The number of hydrogen-bond acceptors (Lipinski definition) is 2. The Hall–Kier alpha value is -0.100. The van der Waals surface area contributed by atoms with Crippen molar-refractivity contribution in [2.45, 2.75) is 78.1 Å². The molecule has 0 fully saturated rings. The molecule has 0 rings (SSSR count). The summed E-state index contributed by atoms with van der Waals surface area (Å²) >= 11 is 0. The summed E-state index contributed by atoms with van der Waals surface area (Å²) in [7, 11) is 0.382. The van der Waals surface area contributed by atoms with E-state index >= 15 is 0 Å². The van der Waals surface area contributed by atoms with E-state index in [1.165, 1.54) is 51.4 Å². The van der Waals surface area contributed by atoms with Crippen LogP contribution < -0.4 is 0 Å². The highest BCUT2D eigenvalue weighted by atomic mass is 31.1. The van der Waals surface area contributed by atoms with E-state index in [-0.39, 0.29) is 5.97 Å². The van der Waals surface area contributed by atoms with Crippen molar-refractivity contribution in [1.29, 1.82) is 0 Å². The normalized spacial score (nSPS) is 11.2. The quantitative estimate of drug-likeness (QED) is 0.362. The first-order valence-electron chi connectivity index (χ1n) is 7.23. The highest BCUT2D eigenvalue weighted by Crippen LogP contribution is 2.16. The maximum Gasteiger partial charge on any atom is 0.308 e. The van der Waals surface area contributed by atoms with Crippen LogP contribution in [-0.2, 0) is 9.32 Å². The fourth-order valence-electron chi connectivity index (χ4n) is 1.66. The molecule has 0 radical (unpaired) electrons. The van der Waals surface area contributed by atoms with Crippen molar-refractivity contribution in [2.24, 2.45) is 0 Å². The molecule has 0 aliphatic heterocycles. The van der Waals surface area contributed by atoms with Crippen LogP contribution in [0.2, 0.25) is 0 Å². The van der Waals surface area contributed by atoms with Crippen molar-refractivity contribution in [3.05, 3.63) is 0 Å². The van der Waals surface area contributed by atoms with E-state index in [9.17, 15) is 4.79 Å². The van der Waals surface area contributed by atoms with Crippen molar-refractivity contribution < 1.29 is 9.32 Å². The number of rotatable bonds is 12. The van der Waals surface area contributed by atoms with Gasteiger partial charge in [-0.15, -0.1) is 0 Å². The van der Waals surface area contributed by atoms with E-state index in [0.29, 0.717) is 15.2 Å². The molecular weight excluding hydrogens is 231 g/mol. The Labute approximate surface area is 109 Å². The molecule has 0 amide bonds. The summed E-state index contributed by atoms with van der Waals surface area (Å²) in [6.45, 7) is 4.39. The van der Waals surface area contributed by atoms with E-state index in [1.807, 2.05) is 0 Å². The van der Waals surface area contributed by atoms with E-state index in [2.05, 4.69) is 13.8 Å². The second-order valence-corrected chi connectivity index (χ2v) is 5.59. The maximum absolute atomic E-state index is 11.3. The molecule has 1 unspecified atom stereocenters. The zero-order valence-electron chi connectivity index (χ0n) is 11.6. The fourth-order valence-corrected chi connectivity index (χ4v) is 2.52. The van der Waals surface area contributed by atoms with E-state index in [1.54, 1.807) is 0 Å². The second-order valence-electron chi connectivity index (χ2n) is 4.59. The van der Waals surface area contributed by atoms with Gasteiger partial charge in [-0.1, -0.05) is 58.8 Å². The van der Waals surface area contributed by atoms with Crippen LogP contribution in [0.15, 0.2) is 0 Å². The van der Waals surface area contributed by atoms with Crippen LogP contribution in [-0.4, -0.2) is 12.1 Å². The van der Waals surface area contributed by atoms with Crippen molar-refractivity contribution in [3.63, 3.8) is 0 Å². The minimum atomic E-state index is 0.00740. The van der Waals surface area contributed by atoms with Gasteiger partial charge in [0, 0.05) is 12.6 Å². The number of hydrogen-bond donors (Lipinski definition) is 0. The predicted molar refractivity (Wildman–Crippen MR) is 76.8 cm³/mol. The highest BCUT2D eigenvalue weighted by Gasteiger charge is 2.02. The van der Waals surface area contributed by atoms with Crippen molar-refractivity contribution >= 4 is 14.8 Å². The van der Waals surface area contributed by atoms with Gasteiger partial charge in [-0.2, -0.15) is 0 Å². The first-order chi connectivity index (χ1) is 8.31. The molecular formula is C14H29O2P. The summed E-state index contributed by atoms with van der Waals surface area (Å²) in [5.41, 5.74) is 0. The van der Waals surface area contributed by atoms with Crippen LogP contribution in [0.4, 0.5) is 0 Å². The van der Waals surface area contributed by atoms with Gasteiger partial charge < -0.3 is 4.52 Å². The van der Waals surface area contributed by atoms with E-state index < -0.39 is 0 Å². The smallest absolute Gasteiger partial charge is 0.308 e. The lowest BCUT2D eigenvalue weighted by Gasteiger charge is -2.04. The molecule has 102 valence electrons. The Morgan fingerprint density at radius 2 is 1.47 bits per heavy atom. The van der Waals surface area contributed by atoms with Crippen LogP contribution in [0.25, 0.3) is 0 Å². The average Bonchev–Trinajstić information content (AvgIpc) is 2.33. The average molecular weight is 260 g/mol. The Morgan fingerprint density at radius 3 is 2.12 bits per heavy atom. The van der Waals surface area contributed by atoms with Gasteiger partial charge in [0.2, 0.25) is 0 Å². The predicted octanol–water partition coefficient (Wildman–Crippen LogP) is 5.06. The molecule has 17 heavy (non-hydrogen) atoms. The molecule has 0 saturated heterocycles. The molecule has 2 nitrogen and oxygen atoms in total. The summed E-state index contributed by atoms with van der Waals surface area (Å²) in [5.74, 6) is 0.00740. The number of carbonyl (C=O) groups excluding carboxylic acids is 1. The minimum absolute atomic E-state index is 0.00740. The van der Waals surface area contributed by atoms with Gasteiger partial charge in [0.1, 0.15) is 0 Å². The topological polar surface area (TPSA) is 26.3 Å². The lowest BCUT2D eigenvalue weighted by Crippen LogP contribution is -1.98. The molecule has 0 aromatic rings. The maximum atomic E-state index is 11.3. The molecule has 0 N–H and O–H groups in total. The van der Waals surface area contributed by atoms with Gasteiger partial charge in [0.15, 0.2) is 0 Å². The van der Waals surface area contributed by atoms with Gasteiger partial charge in [0.05, 0.1) is 8.81 Å². The van der Waals surface area contributed by atoms with Gasteiger partial charge >= 0.3 is 5.97 Å². The molecule has 1 atom stereocenters. The van der Waals surface area contributed by atoms with Gasteiger partial charge in [-0.25, -0.2) is 0 Å². The van der Waals surface area contributed by atoms with Crippen LogP contribution in [0.5, 0.6) is 0 Å². The SMILES string of the molecule is CCCCCCCCCC(=O)OPCCCC. The van der Waals surface area contributed by atoms with Crippen LogP contribution in [0.3, 0.4) is 0 Å². The Balaban J connectivity index is 3.11. The standard InChI is InChI=1S/C14H29O2P/c1-3-5-7-8-9-10-11-12-14(15)16-17-13-6-4-2/h17H,3-13H2,1-2H3. The number of carbonyl (C=O) groups is 1. The van der Waals surface area contributed by atoms with Crippen molar-refractivity contribution in [1.82, 2.24) is 0 Å². The first kappa shape index (κ1) is 16.9. The zero-order valence-corrected chi connectivity index (χ0v) is 12.6. The molecule has 0 heterocycles. The third-order valence-electron chi connectivity index (χ3n) is 2.80. The molecule has 0 aromatic heterocycles. The number of unbranched alkanes of at least 4 members (excludes halogenated alkanes) is 7. The third kappa shape index (κ3) is 13.8. The minimum Gasteiger partial charge on any atom is -0.448 e. The molecule has 0 aliphatic carbocycles. The molecule has 0 spiro atoms. The lowest BCUT2D eigenvalue weighted by atomic mass is 10.1. The summed E-state index contributed by atoms with van der Waals surface area (Å²) in [5, 5.41) is 0. The third-order valence-corrected chi connectivity index (χ3v) is 3.73. The van der Waals surface area contributed by atoms with Crippen molar-refractivity contribution in [2.75, 3.05) is 6.16 Å². The summed E-state index contributed by atoms with van der Waals surface area (Å²) in [4.78, 5) is 11.3. The summed E-state index contributed by atoms with van der Waals surface area (Å²) < 4.78 is 5.18. The van der Waals surface area contributed by atoms with E-state index in [4.69, 9.17) is 4.52 Å². The van der Waals surface area contributed by atoms with Gasteiger partial charge in [-0.05, 0) is 12.8 Å². The first-order valence-corrected chi connectivity index (χ1v) is 8.35. The molecule has 0 bridgehead atoms. The Bertz CT molecular complexity index is 172. The monoisotopic (exact) mass is 260 g/mol. The van der Waals surface area contributed by atoms with Crippen molar-refractivity contribution in [3.8, 4) is 0 Å². The molecule has 0 aliphatic rings. The molecule has 3 heteroatoms. The van der Waals surface area contributed by atoms with Gasteiger partial charge in [-0.3, -0.25) is 4.79 Å². The highest BCUT2D eigenvalue weighted by molar-refractivity contribution is 7.32. The fraction of sp³-hybridized carbons (Fsp3) is 0.929. The second kappa shape index (κ2) is 14.0. The van der Waals surface area contributed by atoms with Crippen LogP contribution >= 0.6 is 8.81 Å². The lowest BCUT2D eigenvalue weighted by molar-refractivity contribution is -0.133.